The van der Waals surface area contributed by atoms with Crippen molar-refractivity contribution >= 4 is 6.09 Å². The van der Waals surface area contributed by atoms with E-state index in [0.717, 1.165) is 44.5 Å². The Labute approximate surface area is 197 Å². The summed E-state index contributed by atoms with van der Waals surface area (Å²) < 4.78 is 5.52. The summed E-state index contributed by atoms with van der Waals surface area (Å²) in [5.74, 6) is 0. The third-order valence-corrected chi connectivity index (χ3v) is 6.80. The summed E-state index contributed by atoms with van der Waals surface area (Å²) in [6.45, 7) is 8.62. The average molecular weight is 452 g/mol. The Balaban J connectivity index is 1.25. The normalized spacial score (nSPS) is 19.8. The van der Waals surface area contributed by atoms with E-state index in [1.807, 2.05) is 30.3 Å². The minimum Gasteiger partial charge on any atom is -0.445 e. The minimum atomic E-state index is -0.627. The SMILES string of the molecule is CC(C)(CN1CCc2ccccc2C1)NC[C@@H](O)[C@H]1CCCN1C(=O)OCc1ccccc1. The third kappa shape index (κ3) is 6.34. The van der Waals surface area contributed by atoms with Gasteiger partial charge in [-0.15, -0.1) is 0 Å². The molecule has 2 aliphatic rings. The Morgan fingerprint density at radius 2 is 1.85 bits per heavy atom. The molecule has 4 rings (SSSR count). The van der Waals surface area contributed by atoms with Gasteiger partial charge in [-0.05, 0) is 49.8 Å². The number of likely N-dealkylation sites (tertiary alicyclic amines) is 1. The zero-order valence-corrected chi connectivity index (χ0v) is 19.9. The van der Waals surface area contributed by atoms with Crippen LogP contribution in [-0.4, -0.2) is 64.9 Å². The van der Waals surface area contributed by atoms with Crippen molar-refractivity contribution in [3.63, 3.8) is 0 Å². The summed E-state index contributed by atoms with van der Waals surface area (Å²) in [4.78, 5) is 16.8. The summed E-state index contributed by atoms with van der Waals surface area (Å²) in [5.41, 5.74) is 3.68. The number of nitrogens with one attached hydrogen (secondary N) is 1. The van der Waals surface area contributed by atoms with Crippen molar-refractivity contribution in [3.05, 3.63) is 71.3 Å². The van der Waals surface area contributed by atoms with E-state index in [0.29, 0.717) is 13.1 Å². The zero-order valence-electron chi connectivity index (χ0n) is 19.9. The van der Waals surface area contributed by atoms with Crippen LogP contribution in [0.15, 0.2) is 54.6 Å². The molecule has 1 amide bonds. The fourth-order valence-electron chi connectivity index (χ4n) is 5.04. The number of carbonyl (C=O) groups is 1. The molecule has 2 aliphatic heterocycles. The van der Waals surface area contributed by atoms with E-state index in [4.69, 9.17) is 4.74 Å². The average Bonchev–Trinajstić information content (AvgIpc) is 3.32. The van der Waals surface area contributed by atoms with Crippen molar-refractivity contribution in [1.29, 1.82) is 0 Å². The predicted octanol–water partition coefficient (Wildman–Crippen LogP) is 3.58. The maximum Gasteiger partial charge on any atom is 0.410 e. The van der Waals surface area contributed by atoms with Crippen LogP contribution in [0.4, 0.5) is 4.79 Å². The van der Waals surface area contributed by atoms with Crippen LogP contribution < -0.4 is 5.32 Å². The Hall–Kier alpha value is -2.41. The molecule has 1 fully saturated rings. The number of benzene rings is 2. The highest BCUT2D eigenvalue weighted by Gasteiger charge is 2.36. The molecule has 2 atom stereocenters. The van der Waals surface area contributed by atoms with E-state index < -0.39 is 6.10 Å². The van der Waals surface area contributed by atoms with Crippen LogP contribution in [0.25, 0.3) is 0 Å². The Bertz CT molecular complexity index is 918. The lowest BCUT2D eigenvalue weighted by Gasteiger charge is -2.37. The fraction of sp³-hybridized carbons (Fsp3) is 0.519. The topological polar surface area (TPSA) is 65.0 Å². The number of aliphatic hydroxyl groups excluding tert-OH is 1. The summed E-state index contributed by atoms with van der Waals surface area (Å²) in [7, 11) is 0. The molecular formula is C27H37N3O3. The molecule has 6 nitrogen and oxygen atoms in total. The van der Waals surface area contributed by atoms with Crippen LogP contribution in [-0.2, 0) is 24.3 Å². The lowest BCUT2D eigenvalue weighted by Crippen LogP contribution is -2.54. The van der Waals surface area contributed by atoms with Crippen LogP contribution in [0.3, 0.4) is 0 Å². The second kappa shape index (κ2) is 10.7. The van der Waals surface area contributed by atoms with Gasteiger partial charge < -0.3 is 20.1 Å². The number of ether oxygens (including phenoxy) is 1. The summed E-state index contributed by atoms with van der Waals surface area (Å²) in [6, 6.07) is 18.2. The Kier molecular flexibility index (Phi) is 7.68. The first-order chi connectivity index (χ1) is 15.9. The van der Waals surface area contributed by atoms with Crippen LogP contribution >= 0.6 is 0 Å². The minimum absolute atomic E-state index is 0.148. The number of aliphatic hydroxyl groups is 1. The van der Waals surface area contributed by atoms with Gasteiger partial charge in [-0.2, -0.15) is 0 Å². The molecule has 2 aromatic rings. The smallest absolute Gasteiger partial charge is 0.410 e. The number of carbonyl (C=O) groups excluding carboxylic acids is 1. The molecule has 33 heavy (non-hydrogen) atoms. The molecule has 0 radical (unpaired) electrons. The van der Waals surface area contributed by atoms with Gasteiger partial charge in [0.1, 0.15) is 6.61 Å². The van der Waals surface area contributed by atoms with E-state index in [1.54, 1.807) is 4.90 Å². The number of hydrogen-bond donors (Lipinski definition) is 2. The first-order valence-electron chi connectivity index (χ1n) is 12.1. The van der Waals surface area contributed by atoms with Crippen molar-refractivity contribution in [2.45, 2.75) is 63.9 Å². The number of amides is 1. The van der Waals surface area contributed by atoms with E-state index in [-0.39, 0.29) is 24.3 Å². The molecule has 0 aliphatic carbocycles. The van der Waals surface area contributed by atoms with Crippen molar-refractivity contribution in [1.82, 2.24) is 15.1 Å². The maximum absolute atomic E-state index is 12.7. The van der Waals surface area contributed by atoms with Gasteiger partial charge in [0, 0.05) is 38.3 Å². The van der Waals surface area contributed by atoms with E-state index >= 15 is 0 Å². The molecule has 6 heteroatoms. The molecular weight excluding hydrogens is 414 g/mol. The van der Waals surface area contributed by atoms with Crippen molar-refractivity contribution in [3.8, 4) is 0 Å². The molecule has 2 heterocycles. The zero-order chi connectivity index (χ0) is 23.3. The van der Waals surface area contributed by atoms with Crippen LogP contribution in [0.5, 0.6) is 0 Å². The molecule has 1 saturated heterocycles. The van der Waals surface area contributed by atoms with Crippen molar-refractivity contribution in [2.75, 3.05) is 26.2 Å². The third-order valence-electron chi connectivity index (χ3n) is 6.80. The van der Waals surface area contributed by atoms with Gasteiger partial charge in [0.05, 0.1) is 12.1 Å². The molecule has 0 saturated carbocycles. The maximum atomic E-state index is 12.7. The predicted molar refractivity (Wildman–Crippen MR) is 130 cm³/mol. The summed E-state index contributed by atoms with van der Waals surface area (Å²) in [6.07, 6.45) is 1.80. The number of β-amino-alcohol motifs (C(OH)–C–C–N with tert-alkyl or cyclic N) is 1. The molecule has 0 bridgehead atoms. The highest BCUT2D eigenvalue weighted by Crippen LogP contribution is 2.23. The highest BCUT2D eigenvalue weighted by atomic mass is 16.6. The molecule has 0 unspecified atom stereocenters. The van der Waals surface area contributed by atoms with E-state index in [1.165, 1.54) is 11.1 Å². The summed E-state index contributed by atoms with van der Waals surface area (Å²) >= 11 is 0. The quantitative estimate of drug-likeness (QED) is 0.642. The molecule has 0 spiro atoms. The van der Waals surface area contributed by atoms with Gasteiger partial charge in [-0.3, -0.25) is 4.90 Å². The standard InChI is InChI=1S/C27H37N3O3/c1-27(2,20-29-16-14-22-11-6-7-12-23(22)18-29)28-17-25(31)24-13-8-15-30(24)26(32)33-19-21-9-4-3-5-10-21/h3-7,9-12,24-25,28,31H,8,13-20H2,1-2H3/t24-,25-/m1/s1. The Morgan fingerprint density at radius 1 is 1.12 bits per heavy atom. The van der Waals surface area contributed by atoms with Crippen molar-refractivity contribution < 1.29 is 14.6 Å². The first-order valence-corrected chi connectivity index (χ1v) is 12.1. The van der Waals surface area contributed by atoms with Gasteiger partial charge in [-0.25, -0.2) is 4.79 Å². The van der Waals surface area contributed by atoms with Crippen molar-refractivity contribution in [2.24, 2.45) is 0 Å². The van der Waals surface area contributed by atoms with Gasteiger partial charge in [0.15, 0.2) is 0 Å². The fourth-order valence-corrected chi connectivity index (χ4v) is 5.04. The van der Waals surface area contributed by atoms with Gasteiger partial charge in [0.2, 0.25) is 0 Å². The van der Waals surface area contributed by atoms with E-state index in [9.17, 15) is 9.90 Å². The van der Waals surface area contributed by atoms with Crippen LogP contribution in [0.1, 0.15) is 43.4 Å². The van der Waals surface area contributed by atoms with Crippen LogP contribution in [0.2, 0.25) is 0 Å². The largest absolute Gasteiger partial charge is 0.445 e. The molecule has 178 valence electrons. The first kappa shape index (κ1) is 23.7. The Morgan fingerprint density at radius 3 is 2.64 bits per heavy atom. The molecule has 0 aromatic heterocycles. The number of nitrogens with zero attached hydrogens (tertiary/aromatic N) is 2. The number of rotatable bonds is 8. The van der Waals surface area contributed by atoms with Gasteiger partial charge in [-0.1, -0.05) is 54.6 Å². The number of fused-ring (bicyclic) bond motifs is 1. The number of hydrogen-bond acceptors (Lipinski definition) is 5. The summed E-state index contributed by atoms with van der Waals surface area (Å²) in [5, 5.41) is 14.5. The molecule has 2 N–H and O–H groups in total. The highest BCUT2D eigenvalue weighted by molar-refractivity contribution is 5.68. The van der Waals surface area contributed by atoms with Crippen LogP contribution in [0, 0.1) is 0 Å². The second-order valence-electron chi connectivity index (χ2n) is 10.0. The lowest BCUT2D eigenvalue weighted by atomic mass is 9.97. The molecule has 2 aromatic carbocycles. The van der Waals surface area contributed by atoms with E-state index in [2.05, 4.69) is 48.3 Å². The van der Waals surface area contributed by atoms with Gasteiger partial charge in [0.25, 0.3) is 0 Å². The monoisotopic (exact) mass is 451 g/mol. The lowest BCUT2D eigenvalue weighted by molar-refractivity contribution is 0.0438. The van der Waals surface area contributed by atoms with Gasteiger partial charge >= 0.3 is 6.09 Å². The second-order valence-corrected chi connectivity index (χ2v) is 10.0.